The first-order chi connectivity index (χ1) is 10.0. The number of hydrogen-bond acceptors (Lipinski definition) is 2. The van der Waals surface area contributed by atoms with Crippen LogP contribution in [0.4, 0.5) is 10.1 Å². The van der Waals surface area contributed by atoms with E-state index in [0.717, 1.165) is 18.4 Å². The summed E-state index contributed by atoms with van der Waals surface area (Å²) in [5.41, 5.74) is 2.07. The van der Waals surface area contributed by atoms with E-state index in [0.29, 0.717) is 30.3 Å². The van der Waals surface area contributed by atoms with Crippen molar-refractivity contribution in [3.8, 4) is 0 Å². The Kier molecular flexibility index (Phi) is 3.49. The molecule has 1 N–H and O–H groups in total. The van der Waals surface area contributed by atoms with Gasteiger partial charge in [0, 0.05) is 31.1 Å². The number of anilines is 1. The topological polar surface area (TPSA) is 49.4 Å². The number of hydrogen-bond donors (Lipinski definition) is 1. The van der Waals surface area contributed by atoms with E-state index in [1.165, 1.54) is 25.1 Å². The zero-order chi connectivity index (χ0) is 15.0. The molecule has 4 nitrogen and oxygen atoms in total. The molecule has 0 aromatic heterocycles. The molecule has 3 rings (SSSR count). The Labute approximate surface area is 122 Å². The Morgan fingerprint density at radius 2 is 2.14 bits per heavy atom. The first kappa shape index (κ1) is 13.8. The summed E-state index contributed by atoms with van der Waals surface area (Å²) in [4.78, 5) is 25.2. The minimum Gasteiger partial charge on any atom is -0.350 e. The second kappa shape index (κ2) is 5.31. The van der Waals surface area contributed by atoms with Crippen molar-refractivity contribution in [1.29, 1.82) is 0 Å². The molecular formula is C16H17FN2O2. The van der Waals surface area contributed by atoms with E-state index in [-0.39, 0.29) is 17.6 Å². The van der Waals surface area contributed by atoms with Gasteiger partial charge < -0.3 is 10.2 Å². The molecular weight excluding hydrogens is 271 g/mol. The second-order valence-corrected chi connectivity index (χ2v) is 5.53. The molecule has 110 valence electrons. The van der Waals surface area contributed by atoms with Crippen molar-refractivity contribution in [2.45, 2.75) is 32.2 Å². The maximum Gasteiger partial charge on any atom is 0.244 e. The van der Waals surface area contributed by atoms with Crippen LogP contribution < -0.4 is 10.2 Å². The summed E-state index contributed by atoms with van der Waals surface area (Å²) >= 11 is 0. The molecule has 5 heteroatoms. The average molecular weight is 288 g/mol. The lowest BCUT2D eigenvalue weighted by Gasteiger charge is -2.30. The summed E-state index contributed by atoms with van der Waals surface area (Å²) in [6.45, 7) is 2.00. The molecule has 1 saturated carbocycles. The van der Waals surface area contributed by atoms with Gasteiger partial charge in [-0.3, -0.25) is 9.59 Å². The molecule has 21 heavy (non-hydrogen) atoms. The average Bonchev–Trinajstić information content (AvgIpc) is 3.22. The summed E-state index contributed by atoms with van der Waals surface area (Å²) in [6.07, 6.45) is 4.14. The molecule has 1 aromatic carbocycles. The fourth-order valence-electron chi connectivity index (χ4n) is 2.59. The zero-order valence-corrected chi connectivity index (χ0v) is 11.9. The van der Waals surface area contributed by atoms with E-state index >= 15 is 0 Å². The largest absolute Gasteiger partial charge is 0.350 e. The maximum atomic E-state index is 13.5. The summed E-state index contributed by atoms with van der Waals surface area (Å²) in [5.74, 6) is -0.587. The number of amides is 2. The van der Waals surface area contributed by atoms with Crippen LogP contribution in [0.1, 0.15) is 31.7 Å². The number of rotatable bonds is 2. The fraction of sp³-hybridized carbons (Fsp3) is 0.375. The second-order valence-electron chi connectivity index (χ2n) is 5.53. The van der Waals surface area contributed by atoms with Crippen molar-refractivity contribution in [3.63, 3.8) is 0 Å². The minimum absolute atomic E-state index is 0.0793. The van der Waals surface area contributed by atoms with Crippen LogP contribution in [0.15, 0.2) is 24.3 Å². The smallest absolute Gasteiger partial charge is 0.244 e. The number of nitrogens with zero attached hydrogens (tertiary/aromatic N) is 1. The molecule has 0 spiro atoms. The lowest BCUT2D eigenvalue weighted by atomic mass is 9.95. The zero-order valence-electron chi connectivity index (χ0n) is 11.9. The monoisotopic (exact) mass is 288 g/mol. The quantitative estimate of drug-likeness (QED) is 0.849. The predicted octanol–water partition coefficient (Wildman–Crippen LogP) is 2.24. The molecule has 1 fully saturated rings. The van der Waals surface area contributed by atoms with Crippen molar-refractivity contribution >= 4 is 23.1 Å². The highest BCUT2D eigenvalue weighted by molar-refractivity contribution is 6.01. The Morgan fingerprint density at radius 3 is 2.81 bits per heavy atom. The highest BCUT2D eigenvalue weighted by Gasteiger charge is 2.26. The van der Waals surface area contributed by atoms with Crippen molar-refractivity contribution < 1.29 is 14.0 Å². The van der Waals surface area contributed by atoms with Gasteiger partial charge in [-0.15, -0.1) is 0 Å². The normalized spacial score (nSPS) is 19.3. The van der Waals surface area contributed by atoms with Gasteiger partial charge >= 0.3 is 0 Å². The van der Waals surface area contributed by atoms with Gasteiger partial charge in [0.2, 0.25) is 11.8 Å². The molecule has 1 heterocycles. The van der Waals surface area contributed by atoms with Crippen LogP contribution in [0.5, 0.6) is 0 Å². The number of benzene rings is 1. The summed E-state index contributed by atoms with van der Waals surface area (Å²) in [6, 6.07) is 4.61. The van der Waals surface area contributed by atoms with Gasteiger partial charge in [-0.05, 0) is 43.0 Å². The number of nitrogens with one attached hydrogen (secondary N) is 1. The first-order valence-corrected chi connectivity index (χ1v) is 7.13. The lowest BCUT2D eigenvalue weighted by Crippen LogP contribution is -2.33. The SMILES string of the molecule is CC(=O)N1CCC(=CC(=O)NC2CC2)c2cc(F)ccc21. The standard InChI is InChI=1S/C16H17FN2O2/c1-10(20)19-7-6-11(8-16(21)18-13-3-4-13)14-9-12(17)2-5-15(14)19/h2,5,8-9,13H,3-4,6-7H2,1H3,(H,18,21). The van der Waals surface area contributed by atoms with Gasteiger partial charge in [-0.2, -0.15) is 0 Å². The Hall–Kier alpha value is -2.17. The Bertz CT molecular complexity index is 635. The molecule has 0 bridgehead atoms. The van der Waals surface area contributed by atoms with Crippen LogP contribution in [0, 0.1) is 5.82 Å². The van der Waals surface area contributed by atoms with Crippen LogP contribution in [-0.2, 0) is 9.59 Å². The molecule has 2 aliphatic rings. The van der Waals surface area contributed by atoms with E-state index < -0.39 is 0 Å². The third kappa shape index (κ3) is 2.96. The van der Waals surface area contributed by atoms with E-state index in [2.05, 4.69) is 5.32 Å². The van der Waals surface area contributed by atoms with Gasteiger partial charge in [-0.25, -0.2) is 4.39 Å². The summed E-state index contributed by atoms with van der Waals surface area (Å²) in [5, 5.41) is 2.89. The molecule has 0 atom stereocenters. The predicted molar refractivity (Wildman–Crippen MR) is 78.2 cm³/mol. The van der Waals surface area contributed by atoms with E-state index in [9.17, 15) is 14.0 Å². The van der Waals surface area contributed by atoms with Crippen molar-refractivity contribution in [2.75, 3.05) is 11.4 Å². The number of carbonyl (C=O) groups excluding carboxylic acids is 2. The molecule has 2 amide bonds. The van der Waals surface area contributed by atoms with Crippen LogP contribution in [0.3, 0.4) is 0 Å². The number of fused-ring (bicyclic) bond motifs is 1. The van der Waals surface area contributed by atoms with E-state index in [1.807, 2.05) is 0 Å². The van der Waals surface area contributed by atoms with Crippen molar-refractivity contribution in [1.82, 2.24) is 5.32 Å². The molecule has 0 saturated heterocycles. The summed E-state index contributed by atoms with van der Waals surface area (Å²) in [7, 11) is 0. The lowest BCUT2D eigenvalue weighted by molar-refractivity contribution is -0.117. The Morgan fingerprint density at radius 1 is 1.38 bits per heavy atom. The summed E-state index contributed by atoms with van der Waals surface area (Å²) < 4.78 is 13.5. The van der Waals surface area contributed by atoms with Gasteiger partial charge in [0.1, 0.15) is 5.82 Å². The minimum atomic E-state index is -0.368. The van der Waals surface area contributed by atoms with Gasteiger partial charge in [0.15, 0.2) is 0 Å². The van der Waals surface area contributed by atoms with Crippen LogP contribution in [0.25, 0.3) is 5.57 Å². The Balaban J connectivity index is 1.94. The van der Waals surface area contributed by atoms with Gasteiger partial charge in [0.25, 0.3) is 0 Å². The first-order valence-electron chi connectivity index (χ1n) is 7.13. The van der Waals surface area contributed by atoms with Crippen LogP contribution in [0.2, 0.25) is 0 Å². The van der Waals surface area contributed by atoms with Gasteiger partial charge in [-0.1, -0.05) is 0 Å². The molecule has 0 unspecified atom stereocenters. The molecule has 0 radical (unpaired) electrons. The maximum absolute atomic E-state index is 13.5. The third-order valence-corrected chi connectivity index (χ3v) is 3.81. The highest BCUT2D eigenvalue weighted by Crippen LogP contribution is 2.35. The third-order valence-electron chi connectivity index (χ3n) is 3.81. The van der Waals surface area contributed by atoms with Crippen LogP contribution in [-0.4, -0.2) is 24.4 Å². The van der Waals surface area contributed by atoms with E-state index in [1.54, 1.807) is 11.0 Å². The molecule has 1 aliphatic heterocycles. The van der Waals surface area contributed by atoms with Crippen molar-refractivity contribution in [2.24, 2.45) is 0 Å². The van der Waals surface area contributed by atoms with Crippen molar-refractivity contribution in [3.05, 3.63) is 35.7 Å². The van der Waals surface area contributed by atoms with Crippen LogP contribution >= 0.6 is 0 Å². The van der Waals surface area contributed by atoms with Gasteiger partial charge in [0.05, 0.1) is 5.69 Å². The highest BCUT2D eigenvalue weighted by atomic mass is 19.1. The number of carbonyl (C=O) groups is 2. The molecule has 1 aromatic rings. The molecule has 1 aliphatic carbocycles. The van der Waals surface area contributed by atoms with E-state index in [4.69, 9.17) is 0 Å². The number of halogens is 1. The fourth-order valence-corrected chi connectivity index (χ4v) is 2.59.